The van der Waals surface area contributed by atoms with Crippen molar-refractivity contribution in [1.82, 2.24) is 14.5 Å². The van der Waals surface area contributed by atoms with E-state index in [9.17, 15) is 9.59 Å². The van der Waals surface area contributed by atoms with Crippen molar-refractivity contribution in [3.8, 4) is 5.75 Å². The Morgan fingerprint density at radius 2 is 2.11 bits per heavy atom. The summed E-state index contributed by atoms with van der Waals surface area (Å²) in [6.45, 7) is 5.87. The number of aryl methyl sites for hydroxylation is 2. The fourth-order valence-electron chi connectivity index (χ4n) is 2.78. The molecule has 0 saturated heterocycles. The van der Waals surface area contributed by atoms with Crippen molar-refractivity contribution in [1.29, 1.82) is 0 Å². The second-order valence-electron chi connectivity index (χ2n) is 7.10. The van der Waals surface area contributed by atoms with Crippen molar-refractivity contribution in [2.75, 3.05) is 11.9 Å². The third kappa shape index (κ3) is 4.55. The molecule has 2 N–H and O–H groups in total. The number of anilines is 1. The zero-order chi connectivity index (χ0) is 19.6. The van der Waals surface area contributed by atoms with E-state index < -0.39 is 0 Å². The molecule has 2 aromatic heterocycles. The molecule has 0 aliphatic carbocycles. The number of rotatable bonds is 6. The number of carbonyl (C=O) groups is 1. The van der Waals surface area contributed by atoms with Gasteiger partial charge in [0.2, 0.25) is 5.43 Å². The molecule has 3 rings (SSSR count). The zero-order valence-electron chi connectivity index (χ0n) is 16.0. The molecule has 1 amide bonds. The SMILES string of the molecule is Cc1cc(=O)c(OCC(=O)Nc2ccc3nc(CC(C)C)[nH]c3c2)cn1C. The van der Waals surface area contributed by atoms with Crippen LogP contribution in [-0.2, 0) is 18.3 Å². The van der Waals surface area contributed by atoms with Crippen LogP contribution in [0, 0.1) is 12.8 Å². The van der Waals surface area contributed by atoms with Gasteiger partial charge in [-0.1, -0.05) is 13.8 Å². The predicted octanol–water partition coefficient (Wildman–Crippen LogP) is 2.79. The molecule has 7 heteroatoms. The molecule has 1 aromatic carbocycles. The fourth-order valence-corrected chi connectivity index (χ4v) is 2.78. The Hall–Kier alpha value is -3.09. The molecule has 0 atom stereocenters. The molecule has 3 aromatic rings. The standard InChI is InChI=1S/C20H24N4O3/c1-12(2)7-19-22-15-6-5-14(9-16(15)23-19)21-20(26)11-27-18-10-24(4)13(3)8-17(18)25/h5-6,8-10,12H,7,11H2,1-4H3,(H,21,26)(H,22,23). The number of hydrogen-bond acceptors (Lipinski definition) is 4. The quantitative estimate of drug-likeness (QED) is 0.700. The van der Waals surface area contributed by atoms with Gasteiger partial charge in [0.25, 0.3) is 5.91 Å². The molecule has 0 aliphatic heterocycles. The molecule has 0 fully saturated rings. The van der Waals surface area contributed by atoms with Gasteiger partial charge in [0, 0.05) is 37.1 Å². The smallest absolute Gasteiger partial charge is 0.262 e. The maximum absolute atomic E-state index is 12.2. The predicted molar refractivity (Wildman–Crippen MR) is 105 cm³/mol. The molecule has 142 valence electrons. The number of fused-ring (bicyclic) bond motifs is 1. The van der Waals surface area contributed by atoms with Crippen LogP contribution >= 0.6 is 0 Å². The van der Waals surface area contributed by atoms with E-state index >= 15 is 0 Å². The summed E-state index contributed by atoms with van der Waals surface area (Å²) in [5.74, 6) is 1.26. The molecular weight excluding hydrogens is 344 g/mol. The number of benzene rings is 1. The summed E-state index contributed by atoms with van der Waals surface area (Å²) in [5, 5.41) is 2.78. The Kier molecular flexibility index (Phi) is 5.30. The van der Waals surface area contributed by atoms with Gasteiger partial charge in [-0.25, -0.2) is 4.98 Å². The Labute approximate surface area is 157 Å². The Balaban J connectivity index is 1.65. The number of H-pyrrole nitrogens is 1. The maximum Gasteiger partial charge on any atom is 0.262 e. The molecule has 0 bridgehead atoms. The van der Waals surface area contributed by atoms with Gasteiger partial charge in [-0.05, 0) is 31.0 Å². The van der Waals surface area contributed by atoms with E-state index in [1.165, 1.54) is 6.07 Å². The molecular formula is C20H24N4O3. The second-order valence-corrected chi connectivity index (χ2v) is 7.10. The lowest BCUT2D eigenvalue weighted by Crippen LogP contribution is -2.22. The molecule has 0 aliphatic rings. The largest absolute Gasteiger partial charge is 0.478 e. The first-order valence-corrected chi connectivity index (χ1v) is 8.90. The fraction of sp³-hybridized carbons (Fsp3) is 0.350. The van der Waals surface area contributed by atoms with Crippen LogP contribution in [-0.4, -0.2) is 27.0 Å². The van der Waals surface area contributed by atoms with Crippen LogP contribution < -0.4 is 15.5 Å². The average Bonchev–Trinajstić information content (AvgIpc) is 2.97. The minimum Gasteiger partial charge on any atom is -0.478 e. The highest BCUT2D eigenvalue weighted by molar-refractivity contribution is 5.94. The molecule has 0 unspecified atom stereocenters. The van der Waals surface area contributed by atoms with Crippen molar-refractivity contribution in [2.45, 2.75) is 27.2 Å². The van der Waals surface area contributed by atoms with Gasteiger partial charge in [-0.2, -0.15) is 0 Å². The minimum atomic E-state index is -0.334. The number of nitrogens with zero attached hydrogens (tertiary/aromatic N) is 2. The second kappa shape index (κ2) is 7.65. The van der Waals surface area contributed by atoms with E-state index in [0.29, 0.717) is 11.6 Å². The van der Waals surface area contributed by atoms with Crippen LogP contribution in [0.25, 0.3) is 11.0 Å². The van der Waals surface area contributed by atoms with E-state index in [0.717, 1.165) is 29.0 Å². The number of pyridine rings is 1. The third-order valence-electron chi connectivity index (χ3n) is 4.23. The van der Waals surface area contributed by atoms with Gasteiger partial charge in [-0.15, -0.1) is 0 Å². The third-order valence-corrected chi connectivity index (χ3v) is 4.23. The van der Waals surface area contributed by atoms with Crippen LogP contribution in [0.4, 0.5) is 5.69 Å². The van der Waals surface area contributed by atoms with Crippen LogP contribution in [0.15, 0.2) is 35.3 Å². The monoisotopic (exact) mass is 368 g/mol. The summed E-state index contributed by atoms with van der Waals surface area (Å²) in [5.41, 5.74) is 2.96. The normalized spacial score (nSPS) is 11.1. The highest BCUT2D eigenvalue weighted by Gasteiger charge is 2.10. The lowest BCUT2D eigenvalue weighted by molar-refractivity contribution is -0.118. The maximum atomic E-state index is 12.2. The van der Waals surface area contributed by atoms with Crippen LogP contribution in [0.5, 0.6) is 5.75 Å². The number of aromatic amines is 1. The zero-order valence-corrected chi connectivity index (χ0v) is 16.0. The highest BCUT2D eigenvalue weighted by atomic mass is 16.5. The first-order chi connectivity index (χ1) is 12.8. The molecule has 0 saturated carbocycles. The topological polar surface area (TPSA) is 89.0 Å². The van der Waals surface area contributed by atoms with Crippen molar-refractivity contribution in [2.24, 2.45) is 13.0 Å². The Morgan fingerprint density at radius 1 is 1.33 bits per heavy atom. The molecule has 7 nitrogen and oxygen atoms in total. The van der Waals surface area contributed by atoms with E-state index in [2.05, 4.69) is 29.1 Å². The van der Waals surface area contributed by atoms with Gasteiger partial charge < -0.3 is 19.6 Å². The highest BCUT2D eigenvalue weighted by Crippen LogP contribution is 2.18. The summed E-state index contributed by atoms with van der Waals surface area (Å²) in [4.78, 5) is 31.9. The average molecular weight is 368 g/mol. The number of carbonyl (C=O) groups excluding carboxylic acids is 1. The summed E-state index contributed by atoms with van der Waals surface area (Å²) >= 11 is 0. The van der Waals surface area contributed by atoms with Gasteiger partial charge >= 0.3 is 0 Å². The van der Waals surface area contributed by atoms with Crippen LogP contribution in [0.3, 0.4) is 0 Å². The van der Waals surface area contributed by atoms with Crippen molar-refractivity contribution >= 4 is 22.6 Å². The van der Waals surface area contributed by atoms with Crippen LogP contribution in [0.1, 0.15) is 25.4 Å². The molecule has 0 radical (unpaired) electrons. The summed E-state index contributed by atoms with van der Waals surface area (Å²) in [6, 6.07) is 6.98. The first kappa shape index (κ1) is 18.7. The van der Waals surface area contributed by atoms with Gasteiger partial charge in [0.15, 0.2) is 12.4 Å². The van der Waals surface area contributed by atoms with Crippen molar-refractivity contribution in [3.05, 3.63) is 52.2 Å². The van der Waals surface area contributed by atoms with Crippen LogP contribution in [0.2, 0.25) is 0 Å². The number of ether oxygens (including phenoxy) is 1. The van der Waals surface area contributed by atoms with E-state index in [1.54, 1.807) is 16.8 Å². The lowest BCUT2D eigenvalue weighted by atomic mass is 10.1. The summed E-state index contributed by atoms with van der Waals surface area (Å²) in [7, 11) is 1.81. The van der Waals surface area contributed by atoms with Gasteiger partial charge in [0.05, 0.1) is 11.0 Å². The molecule has 2 heterocycles. The van der Waals surface area contributed by atoms with Crippen molar-refractivity contribution in [3.63, 3.8) is 0 Å². The number of nitrogens with one attached hydrogen (secondary N) is 2. The summed E-state index contributed by atoms with van der Waals surface area (Å²) < 4.78 is 7.15. The number of amides is 1. The Bertz CT molecular complexity index is 1030. The minimum absolute atomic E-state index is 0.153. The van der Waals surface area contributed by atoms with E-state index in [4.69, 9.17) is 4.74 Å². The Morgan fingerprint density at radius 3 is 2.85 bits per heavy atom. The molecule has 27 heavy (non-hydrogen) atoms. The first-order valence-electron chi connectivity index (χ1n) is 8.90. The number of aromatic nitrogens is 3. The van der Waals surface area contributed by atoms with Crippen molar-refractivity contribution < 1.29 is 9.53 Å². The number of hydrogen-bond donors (Lipinski definition) is 2. The van der Waals surface area contributed by atoms with Gasteiger partial charge in [0.1, 0.15) is 5.82 Å². The van der Waals surface area contributed by atoms with Gasteiger partial charge in [-0.3, -0.25) is 9.59 Å². The van der Waals surface area contributed by atoms with E-state index in [-0.39, 0.29) is 23.7 Å². The van der Waals surface area contributed by atoms with E-state index in [1.807, 2.05) is 26.1 Å². The molecule has 0 spiro atoms. The number of imidazole rings is 1. The summed E-state index contributed by atoms with van der Waals surface area (Å²) in [6.07, 6.45) is 2.45. The lowest BCUT2D eigenvalue weighted by Gasteiger charge is -2.09.